The van der Waals surface area contributed by atoms with Gasteiger partial charge >= 0.3 is 0 Å². The van der Waals surface area contributed by atoms with Crippen LogP contribution in [0.4, 0.5) is 10.2 Å². The van der Waals surface area contributed by atoms with Crippen molar-refractivity contribution < 1.29 is 18.3 Å². The molecular formula is C19H19FN4O3. The molecule has 140 valence electrons. The summed E-state index contributed by atoms with van der Waals surface area (Å²) in [5.41, 5.74) is 6.52. The number of amides is 1. The van der Waals surface area contributed by atoms with Crippen LogP contribution in [0, 0.1) is 12.7 Å². The summed E-state index contributed by atoms with van der Waals surface area (Å²) in [7, 11) is 1.39. The molecule has 0 unspecified atom stereocenters. The Morgan fingerprint density at radius 2 is 2.11 bits per heavy atom. The standard InChI is InChI=1S/C19H19FN4O3/c1-9-13(15(21)25)14-17(24-19(2)6-7-19)22-16(23-18(14)27-9)10-4-5-11(20)12(8-10)26-3/h4-5,8H,6-7H2,1-3H3,(H2,21,25)(H,22,23,24). The van der Waals surface area contributed by atoms with Crippen LogP contribution in [0.3, 0.4) is 0 Å². The zero-order chi connectivity index (χ0) is 19.3. The van der Waals surface area contributed by atoms with E-state index < -0.39 is 11.7 Å². The molecule has 0 spiro atoms. The van der Waals surface area contributed by atoms with Gasteiger partial charge in [0.2, 0.25) is 5.71 Å². The zero-order valence-corrected chi connectivity index (χ0v) is 15.2. The Morgan fingerprint density at radius 1 is 1.37 bits per heavy atom. The van der Waals surface area contributed by atoms with Gasteiger partial charge in [0.15, 0.2) is 17.4 Å². The van der Waals surface area contributed by atoms with Crippen molar-refractivity contribution in [3.63, 3.8) is 0 Å². The Hall–Kier alpha value is -3.16. The number of hydrogen-bond acceptors (Lipinski definition) is 6. The number of carbonyl (C=O) groups excluding carboxylic acids is 1. The summed E-state index contributed by atoms with van der Waals surface area (Å²) in [6, 6.07) is 4.37. The van der Waals surface area contributed by atoms with E-state index in [4.69, 9.17) is 14.9 Å². The number of rotatable bonds is 5. The van der Waals surface area contributed by atoms with E-state index in [0.29, 0.717) is 28.4 Å². The van der Waals surface area contributed by atoms with E-state index in [1.807, 2.05) is 0 Å². The number of furan rings is 1. The lowest BCUT2D eigenvalue weighted by molar-refractivity contribution is 0.1000. The average molecular weight is 370 g/mol. The van der Waals surface area contributed by atoms with Gasteiger partial charge in [-0.15, -0.1) is 0 Å². The van der Waals surface area contributed by atoms with Crippen LogP contribution < -0.4 is 15.8 Å². The molecule has 1 aliphatic carbocycles. The van der Waals surface area contributed by atoms with Crippen LogP contribution in [-0.2, 0) is 0 Å². The second-order valence-corrected chi connectivity index (χ2v) is 7.01. The van der Waals surface area contributed by atoms with Crippen LogP contribution in [-0.4, -0.2) is 28.5 Å². The van der Waals surface area contributed by atoms with E-state index in [9.17, 15) is 9.18 Å². The maximum absolute atomic E-state index is 13.7. The maximum atomic E-state index is 13.7. The molecule has 0 saturated heterocycles. The first-order valence-electron chi connectivity index (χ1n) is 8.54. The van der Waals surface area contributed by atoms with E-state index in [-0.39, 0.29) is 22.6 Å². The van der Waals surface area contributed by atoms with Crippen LogP contribution in [0.2, 0.25) is 0 Å². The minimum atomic E-state index is -0.602. The van der Waals surface area contributed by atoms with Crippen LogP contribution in [0.25, 0.3) is 22.5 Å². The fraction of sp³-hybridized carbons (Fsp3) is 0.316. The molecule has 7 nitrogen and oxygen atoms in total. The first-order valence-corrected chi connectivity index (χ1v) is 8.54. The molecule has 3 N–H and O–H groups in total. The number of fused-ring (bicyclic) bond motifs is 1. The van der Waals surface area contributed by atoms with Gasteiger partial charge in [-0.05, 0) is 44.9 Å². The number of nitrogens with one attached hydrogen (secondary N) is 1. The van der Waals surface area contributed by atoms with E-state index >= 15 is 0 Å². The number of carbonyl (C=O) groups is 1. The van der Waals surface area contributed by atoms with Gasteiger partial charge < -0.3 is 20.2 Å². The molecule has 0 aliphatic heterocycles. The lowest BCUT2D eigenvalue weighted by Gasteiger charge is -2.14. The van der Waals surface area contributed by atoms with E-state index in [1.165, 1.54) is 19.2 Å². The van der Waals surface area contributed by atoms with Crippen molar-refractivity contribution in [2.45, 2.75) is 32.2 Å². The van der Waals surface area contributed by atoms with Crippen molar-refractivity contribution in [2.75, 3.05) is 12.4 Å². The fourth-order valence-corrected chi connectivity index (χ4v) is 3.02. The molecule has 0 radical (unpaired) electrons. The van der Waals surface area contributed by atoms with Crippen LogP contribution >= 0.6 is 0 Å². The van der Waals surface area contributed by atoms with Crippen molar-refractivity contribution in [3.8, 4) is 17.1 Å². The van der Waals surface area contributed by atoms with Gasteiger partial charge in [0.1, 0.15) is 11.6 Å². The number of primary amides is 1. The highest BCUT2D eigenvalue weighted by molar-refractivity contribution is 6.09. The predicted molar refractivity (Wildman–Crippen MR) is 98.3 cm³/mol. The summed E-state index contributed by atoms with van der Waals surface area (Å²) in [6.07, 6.45) is 1.97. The third-order valence-corrected chi connectivity index (χ3v) is 4.80. The number of aryl methyl sites for hydroxylation is 1. The highest BCUT2D eigenvalue weighted by Crippen LogP contribution is 2.41. The van der Waals surface area contributed by atoms with E-state index in [1.54, 1.807) is 13.0 Å². The molecular weight excluding hydrogens is 351 g/mol. The smallest absolute Gasteiger partial charge is 0.253 e. The Kier molecular flexibility index (Phi) is 3.80. The Labute approximate surface area is 154 Å². The maximum Gasteiger partial charge on any atom is 0.253 e. The largest absolute Gasteiger partial charge is 0.494 e. The molecule has 1 aliphatic rings. The lowest BCUT2D eigenvalue weighted by atomic mass is 10.1. The fourth-order valence-electron chi connectivity index (χ4n) is 3.02. The van der Waals surface area contributed by atoms with Crippen molar-refractivity contribution in [3.05, 3.63) is 35.3 Å². The molecule has 1 fully saturated rings. The minimum Gasteiger partial charge on any atom is -0.494 e. The normalized spacial score (nSPS) is 15.0. The summed E-state index contributed by atoms with van der Waals surface area (Å²) in [5.74, 6) is 0.199. The molecule has 27 heavy (non-hydrogen) atoms. The van der Waals surface area contributed by atoms with Crippen LogP contribution in [0.5, 0.6) is 5.75 Å². The van der Waals surface area contributed by atoms with Gasteiger partial charge in [0.05, 0.1) is 18.1 Å². The second kappa shape index (κ2) is 5.94. The van der Waals surface area contributed by atoms with E-state index in [0.717, 1.165) is 12.8 Å². The highest BCUT2D eigenvalue weighted by Gasteiger charge is 2.38. The third kappa shape index (κ3) is 2.97. The molecule has 0 bridgehead atoms. The lowest BCUT2D eigenvalue weighted by Crippen LogP contribution is -2.19. The van der Waals surface area contributed by atoms with Crippen molar-refractivity contribution in [1.82, 2.24) is 9.97 Å². The van der Waals surface area contributed by atoms with Gasteiger partial charge in [0, 0.05) is 11.1 Å². The number of benzene rings is 1. The summed E-state index contributed by atoms with van der Waals surface area (Å²) in [6.45, 7) is 3.73. The van der Waals surface area contributed by atoms with Gasteiger partial charge in [-0.25, -0.2) is 9.37 Å². The van der Waals surface area contributed by atoms with Crippen LogP contribution in [0.15, 0.2) is 22.6 Å². The molecule has 3 aromatic rings. The molecule has 1 amide bonds. The molecule has 2 aromatic heterocycles. The van der Waals surface area contributed by atoms with Crippen molar-refractivity contribution in [2.24, 2.45) is 5.73 Å². The number of aromatic nitrogens is 2. The number of nitrogens with two attached hydrogens (primary N) is 1. The summed E-state index contributed by atoms with van der Waals surface area (Å²) >= 11 is 0. The number of methoxy groups -OCH3 is 1. The molecule has 1 saturated carbocycles. The highest BCUT2D eigenvalue weighted by atomic mass is 19.1. The van der Waals surface area contributed by atoms with Gasteiger partial charge in [-0.2, -0.15) is 4.98 Å². The van der Waals surface area contributed by atoms with E-state index in [2.05, 4.69) is 22.2 Å². The molecule has 8 heteroatoms. The number of hydrogen-bond donors (Lipinski definition) is 2. The molecule has 0 atom stereocenters. The van der Waals surface area contributed by atoms with Crippen molar-refractivity contribution in [1.29, 1.82) is 0 Å². The van der Waals surface area contributed by atoms with Gasteiger partial charge in [-0.3, -0.25) is 4.79 Å². The number of ether oxygens (including phenoxy) is 1. The summed E-state index contributed by atoms with van der Waals surface area (Å²) in [5, 5.41) is 3.83. The first-order chi connectivity index (χ1) is 12.8. The molecule has 4 rings (SSSR count). The second-order valence-electron chi connectivity index (χ2n) is 7.01. The van der Waals surface area contributed by atoms with Gasteiger partial charge in [-0.1, -0.05) is 0 Å². The number of halogens is 1. The Morgan fingerprint density at radius 3 is 2.74 bits per heavy atom. The summed E-state index contributed by atoms with van der Waals surface area (Å²) in [4.78, 5) is 20.9. The number of nitrogens with zero attached hydrogens (tertiary/aromatic N) is 2. The predicted octanol–water partition coefficient (Wildman–Crippen LogP) is 3.41. The van der Waals surface area contributed by atoms with Crippen LogP contribution in [0.1, 0.15) is 35.9 Å². The first kappa shape index (κ1) is 17.3. The van der Waals surface area contributed by atoms with Crippen molar-refractivity contribution >= 4 is 22.8 Å². The zero-order valence-electron chi connectivity index (χ0n) is 15.2. The molecule has 1 aromatic carbocycles. The third-order valence-electron chi connectivity index (χ3n) is 4.80. The molecule has 2 heterocycles. The summed E-state index contributed by atoms with van der Waals surface area (Å²) < 4.78 is 24.5. The SMILES string of the molecule is COc1cc(-c2nc(NC3(C)CC3)c3c(C(N)=O)c(C)oc3n2)ccc1F. The quantitative estimate of drug-likeness (QED) is 0.713. The van der Waals surface area contributed by atoms with Gasteiger partial charge in [0.25, 0.3) is 5.91 Å². The Bertz CT molecular complexity index is 1070. The topological polar surface area (TPSA) is 103 Å². The monoisotopic (exact) mass is 370 g/mol. The minimum absolute atomic E-state index is 0.0910. The number of anilines is 1. The average Bonchev–Trinajstić information content (AvgIpc) is 3.23. The Balaban J connectivity index is 1.94.